The molecular weight excluding hydrogens is 550 g/mol. The molecule has 2 amide bonds. The molecule has 0 heterocycles. The van der Waals surface area contributed by atoms with E-state index in [2.05, 4.69) is 5.32 Å². The lowest BCUT2D eigenvalue weighted by molar-refractivity contribution is -0.140. The van der Waals surface area contributed by atoms with Gasteiger partial charge in [0.15, 0.2) is 0 Å². The summed E-state index contributed by atoms with van der Waals surface area (Å²) in [4.78, 5) is 28.9. The number of nitrogens with one attached hydrogen (secondary N) is 1. The third-order valence-electron chi connectivity index (χ3n) is 6.44. The summed E-state index contributed by atoms with van der Waals surface area (Å²) in [6.45, 7) is 6.99. The van der Waals surface area contributed by atoms with Gasteiger partial charge in [0, 0.05) is 17.6 Å². The van der Waals surface area contributed by atoms with Crippen molar-refractivity contribution in [1.82, 2.24) is 10.2 Å². The van der Waals surface area contributed by atoms with E-state index in [4.69, 9.17) is 16.3 Å². The molecule has 1 unspecified atom stereocenters. The average Bonchev–Trinajstić information content (AvgIpc) is 2.92. The van der Waals surface area contributed by atoms with Crippen LogP contribution in [0, 0.1) is 6.92 Å². The largest absolute Gasteiger partial charge is 0.495 e. The number of anilines is 1. The number of ether oxygens (including phenoxy) is 1. The molecule has 0 saturated heterocycles. The zero-order valence-electron chi connectivity index (χ0n) is 23.4. The monoisotopic (exact) mass is 585 g/mol. The zero-order valence-corrected chi connectivity index (χ0v) is 25.0. The fraction of sp³-hybridized carbons (Fsp3) is 0.333. The molecule has 214 valence electrons. The SMILES string of the molecule is CCC(C(=O)NC(C)C)N(Cc1ccccc1C)C(=O)CN(c1cc(Cl)ccc1OC)S(=O)(=O)c1ccccc1. The number of halogens is 1. The summed E-state index contributed by atoms with van der Waals surface area (Å²) in [7, 11) is -2.83. The molecular formula is C30H36ClN3O5S. The van der Waals surface area contributed by atoms with Crippen molar-refractivity contribution in [3.05, 3.63) is 88.9 Å². The molecule has 0 aliphatic rings. The van der Waals surface area contributed by atoms with Gasteiger partial charge in [-0.25, -0.2) is 8.42 Å². The quantitative estimate of drug-likeness (QED) is 0.316. The number of rotatable bonds is 12. The third-order valence-corrected chi connectivity index (χ3v) is 8.45. The molecule has 0 bridgehead atoms. The van der Waals surface area contributed by atoms with E-state index in [-0.39, 0.29) is 39.8 Å². The van der Waals surface area contributed by atoms with E-state index in [0.29, 0.717) is 6.42 Å². The molecule has 0 radical (unpaired) electrons. The van der Waals surface area contributed by atoms with E-state index in [9.17, 15) is 18.0 Å². The number of aryl methyl sites for hydroxylation is 1. The molecule has 3 aromatic carbocycles. The number of amides is 2. The first-order valence-corrected chi connectivity index (χ1v) is 14.9. The molecule has 3 aromatic rings. The van der Waals surface area contributed by atoms with Gasteiger partial charge < -0.3 is 15.0 Å². The summed E-state index contributed by atoms with van der Waals surface area (Å²) in [5.74, 6) is -0.625. The van der Waals surface area contributed by atoms with Crippen LogP contribution < -0.4 is 14.4 Å². The first kappa shape index (κ1) is 31.0. The highest BCUT2D eigenvalue weighted by Gasteiger charge is 2.35. The van der Waals surface area contributed by atoms with Gasteiger partial charge >= 0.3 is 0 Å². The summed E-state index contributed by atoms with van der Waals surface area (Å²) in [5, 5.41) is 3.17. The molecule has 3 rings (SSSR count). The predicted molar refractivity (Wildman–Crippen MR) is 158 cm³/mol. The Labute approximate surface area is 241 Å². The van der Waals surface area contributed by atoms with Gasteiger partial charge in [0.05, 0.1) is 17.7 Å². The summed E-state index contributed by atoms with van der Waals surface area (Å²) < 4.78 is 34.4. The number of carbonyl (C=O) groups excluding carboxylic acids is 2. The summed E-state index contributed by atoms with van der Waals surface area (Å²) in [6.07, 6.45) is 0.335. The van der Waals surface area contributed by atoms with Crippen molar-refractivity contribution < 1.29 is 22.7 Å². The summed E-state index contributed by atoms with van der Waals surface area (Å²) >= 11 is 6.28. The maximum absolute atomic E-state index is 14.2. The molecule has 40 heavy (non-hydrogen) atoms. The molecule has 0 saturated carbocycles. The second-order valence-corrected chi connectivity index (χ2v) is 12.0. The van der Waals surface area contributed by atoms with Crippen molar-refractivity contribution in [2.24, 2.45) is 0 Å². The normalized spacial score (nSPS) is 12.1. The van der Waals surface area contributed by atoms with Gasteiger partial charge in [-0.3, -0.25) is 13.9 Å². The van der Waals surface area contributed by atoms with Crippen LogP contribution in [0.25, 0.3) is 0 Å². The minimum Gasteiger partial charge on any atom is -0.495 e. The number of nitrogens with zero attached hydrogens (tertiary/aromatic N) is 2. The highest BCUT2D eigenvalue weighted by Crippen LogP contribution is 2.35. The van der Waals surface area contributed by atoms with Crippen LogP contribution in [0.4, 0.5) is 5.69 Å². The van der Waals surface area contributed by atoms with Gasteiger partial charge in [0.1, 0.15) is 18.3 Å². The van der Waals surface area contributed by atoms with Gasteiger partial charge in [-0.05, 0) is 68.7 Å². The Morgan fingerprint density at radius 1 is 1.00 bits per heavy atom. The molecule has 1 atom stereocenters. The van der Waals surface area contributed by atoms with E-state index in [1.807, 2.05) is 52.0 Å². The van der Waals surface area contributed by atoms with Gasteiger partial charge in [-0.2, -0.15) is 0 Å². The van der Waals surface area contributed by atoms with Crippen molar-refractivity contribution in [2.45, 2.75) is 57.6 Å². The van der Waals surface area contributed by atoms with Crippen molar-refractivity contribution in [1.29, 1.82) is 0 Å². The molecule has 0 fully saturated rings. The van der Waals surface area contributed by atoms with E-state index >= 15 is 0 Å². The zero-order chi connectivity index (χ0) is 29.4. The Hall–Kier alpha value is -3.56. The molecule has 0 aromatic heterocycles. The molecule has 8 nitrogen and oxygen atoms in total. The molecule has 0 aliphatic heterocycles. The minimum absolute atomic E-state index is 0.000116. The topological polar surface area (TPSA) is 96.0 Å². The highest BCUT2D eigenvalue weighted by molar-refractivity contribution is 7.92. The summed E-state index contributed by atoms with van der Waals surface area (Å²) in [5.41, 5.74) is 1.91. The Morgan fingerprint density at radius 3 is 2.25 bits per heavy atom. The van der Waals surface area contributed by atoms with Crippen molar-refractivity contribution in [2.75, 3.05) is 18.0 Å². The third kappa shape index (κ3) is 7.34. The van der Waals surface area contributed by atoms with Crippen LogP contribution in [0.1, 0.15) is 38.3 Å². The number of methoxy groups -OCH3 is 1. The Morgan fingerprint density at radius 2 is 1.65 bits per heavy atom. The first-order valence-electron chi connectivity index (χ1n) is 13.0. The Balaban J connectivity index is 2.13. The lowest BCUT2D eigenvalue weighted by atomic mass is 10.1. The van der Waals surface area contributed by atoms with Gasteiger partial charge in [-0.15, -0.1) is 0 Å². The number of benzene rings is 3. The van der Waals surface area contributed by atoms with Crippen LogP contribution in [-0.2, 0) is 26.2 Å². The Bertz CT molecular complexity index is 1430. The van der Waals surface area contributed by atoms with E-state index in [0.717, 1.165) is 15.4 Å². The second-order valence-electron chi connectivity index (χ2n) is 9.68. The van der Waals surface area contributed by atoms with Crippen LogP contribution in [0.2, 0.25) is 5.02 Å². The number of sulfonamides is 1. The minimum atomic E-state index is -4.24. The highest BCUT2D eigenvalue weighted by atomic mass is 35.5. The molecule has 10 heteroatoms. The van der Waals surface area contributed by atoms with Crippen molar-refractivity contribution in [3.63, 3.8) is 0 Å². The first-order chi connectivity index (χ1) is 19.0. The van der Waals surface area contributed by atoms with Crippen LogP contribution in [-0.4, -0.2) is 50.9 Å². The molecule has 1 N–H and O–H groups in total. The fourth-order valence-electron chi connectivity index (χ4n) is 4.36. The van der Waals surface area contributed by atoms with Gasteiger partial charge in [0.2, 0.25) is 11.8 Å². The maximum Gasteiger partial charge on any atom is 0.264 e. The fourth-order valence-corrected chi connectivity index (χ4v) is 5.97. The predicted octanol–water partition coefficient (Wildman–Crippen LogP) is 5.18. The molecule has 0 aliphatic carbocycles. The van der Waals surface area contributed by atoms with E-state index in [1.165, 1.54) is 30.2 Å². The smallest absolute Gasteiger partial charge is 0.264 e. The molecule has 0 spiro atoms. The second kappa shape index (κ2) is 13.7. The van der Waals surface area contributed by atoms with Crippen LogP contribution in [0.3, 0.4) is 0 Å². The van der Waals surface area contributed by atoms with Crippen LogP contribution in [0.5, 0.6) is 5.75 Å². The van der Waals surface area contributed by atoms with Crippen molar-refractivity contribution in [3.8, 4) is 5.75 Å². The Kier molecular flexibility index (Phi) is 10.6. The maximum atomic E-state index is 14.2. The van der Waals surface area contributed by atoms with Gasteiger partial charge in [0.25, 0.3) is 10.0 Å². The standard InChI is InChI=1S/C30H36ClN3O5S/c1-6-26(30(36)32-21(2)3)33(19-23-13-11-10-12-22(23)4)29(35)20-34(27-18-24(31)16-17-28(27)39-5)40(37,38)25-14-8-7-9-15-25/h7-18,21,26H,6,19-20H2,1-5H3,(H,32,36). The lowest BCUT2D eigenvalue weighted by Crippen LogP contribution is -2.53. The number of carbonyl (C=O) groups is 2. The number of hydrogen-bond donors (Lipinski definition) is 1. The van der Waals surface area contributed by atoms with Gasteiger partial charge in [-0.1, -0.05) is 61.0 Å². The van der Waals surface area contributed by atoms with Crippen LogP contribution >= 0.6 is 11.6 Å². The lowest BCUT2D eigenvalue weighted by Gasteiger charge is -2.34. The van der Waals surface area contributed by atoms with E-state index < -0.39 is 28.5 Å². The van der Waals surface area contributed by atoms with Crippen LogP contribution in [0.15, 0.2) is 77.7 Å². The summed E-state index contributed by atoms with van der Waals surface area (Å²) in [6, 6.07) is 19.0. The van der Waals surface area contributed by atoms with Crippen molar-refractivity contribution >= 4 is 39.1 Å². The van der Waals surface area contributed by atoms with E-state index in [1.54, 1.807) is 30.3 Å². The average molecular weight is 586 g/mol. The number of hydrogen-bond acceptors (Lipinski definition) is 5.